The lowest BCUT2D eigenvalue weighted by Gasteiger charge is -2.41. The Hall–Kier alpha value is -1.86. The average Bonchev–Trinajstić information content (AvgIpc) is 1.11. The van der Waals surface area contributed by atoms with Crippen LogP contribution >= 0.6 is 0 Å². The first-order valence-electron chi connectivity index (χ1n) is 40.1. The second-order valence-corrected chi connectivity index (χ2v) is 28.2. The van der Waals surface area contributed by atoms with Gasteiger partial charge in [0.25, 0.3) is 0 Å². The Balaban J connectivity index is 2.49. The highest BCUT2D eigenvalue weighted by Crippen LogP contribution is 2.27. The van der Waals surface area contributed by atoms with Crippen LogP contribution in [0.3, 0.4) is 0 Å². The molecule has 1 fully saturated rings. The van der Waals surface area contributed by atoms with Crippen molar-refractivity contribution in [3.8, 4) is 0 Å². The van der Waals surface area contributed by atoms with Gasteiger partial charge in [-0.1, -0.05) is 379 Å². The molecule has 1 amide bonds. The summed E-state index contributed by atoms with van der Waals surface area (Å²) in [5.41, 5.74) is 0. The van der Waals surface area contributed by atoms with Crippen LogP contribution in [0.1, 0.15) is 412 Å². The predicted molar refractivity (Wildman–Crippen MR) is 384 cm³/mol. The highest BCUT2D eigenvalue weighted by atomic mass is 16.7. The highest BCUT2D eigenvalue weighted by molar-refractivity contribution is 5.80. The third-order valence-electron chi connectivity index (χ3n) is 19.4. The van der Waals surface area contributed by atoms with Gasteiger partial charge in [0.1, 0.15) is 24.4 Å². The van der Waals surface area contributed by atoms with Gasteiger partial charge in [-0.2, -0.15) is 0 Å². The van der Waals surface area contributed by atoms with Crippen LogP contribution in [0.25, 0.3) is 0 Å². The molecule has 1 saturated heterocycles. The molecule has 91 heavy (non-hydrogen) atoms. The molecule has 1 aliphatic heterocycles. The van der Waals surface area contributed by atoms with Gasteiger partial charge in [-0.25, -0.2) is 0 Å². The summed E-state index contributed by atoms with van der Waals surface area (Å²) in [7, 11) is 0. The molecule has 0 aromatic carbocycles. The fraction of sp³-hybridized carbons (Fsp3) is 0.925. The van der Waals surface area contributed by atoms with Gasteiger partial charge in [0, 0.05) is 6.42 Å². The zero-order valence-corrected chi connectivity index (χ0v) is 60.3. The molecule has 0 saturated carbocycles. The van der Waals surface area contributed by atoms with E-state index in [2.05, 4.69) is 38.2 Å². The van der Waals surface area contributed by atoms with Crippen LogP contribution in [0, 0.1) is 0 Å². The first-order valence-corrected chi connectivity index (χ1v) is 40.1. The van der Waals surface area contributed by atoms with Crippen molar-refractivity contribution in [2.75, 3.05) is 13.2 Å². The zero-order chi connectivity index (χ0) is 66.0. The molecule has 8 atom stereocenters. The summed E-state index contributed by atoms with van der Waals surface area (Å²) in [6.45, 7) is 5.88. The Morgan fingerprint density at radius 3 is 1.07 bits per heavy atom. The van der Waals surface area contributed by atoms with Crippen molar-refractivity contribution in [3.05, 3.63) is 24.3 Å². The minimum atomic E-state index is -1.61. The third kappa shape index (κ3) is 54.9. The largest absolute Gasteiger partial charge is 0.454 e. The number of allylic oxidation sites excluding steroid dienone is 3. The minimum Gasteiger partial charge on any atom is -0.454 e. The van der Waals surface area contributed by atoms with E-state index in [1.807, 2.05) is 6.08 Å². The Labute approximate surface area is 562 Å². The topological polar surface area (TPSA) is 175 Å². The molecule has 8 unspecified atom stereocenters. The smallest absolute Gasteiger partial charge is 0.306 e. The van der Waals surface area contributed by atoms with Crippen molar-refractivity contribution in [1.82, 2.24) is 5.32 Å². The molecular weight excluding hydrogens is 1130 g/mol. The highest BCUT2D eigenvalue weighted by Gasteiger charge is 2.47. The SMILES string of the molecule is CCCCCCCC/C=C/CCCCCCCCCCCCCCCCCCCC(=O)OC1C(OCC(NC(=O)C(O)CCCCCCCCCCCCCCCCCCCCCCCC)C(O)/C=C/CCCCCCCCCCCCC)OC(CO)C(O)C1O. The lowest BCUT2D eigenvalue weighted by Crippen LogP contribution is -2.61. The number of esters is 1. The van der Waals surface area contributed by atoms with Gasteiger partial charge >= 0.3 is 5.97 Å². The Morgan fingerprint density at radius 1 is 0.418 bits per heavy atom. The Morgan fingerprint density at radius 2 is 0.725 bits per heavy atom. The molecule has 1 heterocycles. The number of rotatable bonds is 71. The number of aliphatic hydroxyl groups is 5. The van der Waals surface area contributed by atoms with Crippen molar-refractivity contribution in [2.24, 2.45) is 0 Å². The van der Waals surface area contributed by atoms with Crippen molar-refractivity contribution in [2.45, 2.75) is 461 Å². The normalized spacial score (nSPS) is 18.0. The van der Waals surface area contributed by atoms with Gasteiger partial charge in [-0.3, -0.25) is 9.59 Å². The summed E-state index contributed by atoms with van der Waals surface area (Å²) in [5.74, 6) is -1.17. The second kappa shape index (κ2) is 68.1. The van der Waals surface area contributed by atoms with Gasteiger partial charge in [0.05, 0.1) is 25.4 Å². The fourth-order valence-electron chi connectivity index (χ4n) is 13.1. The molecule has 0 radical (unpaired) electrons. The van der Waals surface area contributed by atoms with Crippen molar-refractivity contribution < 1.29 is 49.3 Å². The summed E-state index contributed by atoms with van der Waals surface area (Å²) in [6.07, 6.45) is 73.8. The molecule has 0 aliphatic carbocycles. The lowest BCUT2D eigenvalue weighted by molar-refractivity contribution is -0.305. The van der Waals surface area contributed by atoms with Gasteiger partial charge in [0.15, 0.2) is 12.4 Å². The first-order chi connectivity index (χ1) is 44.7. The van der Waals surface area contributed by atoms with E-state index in [0.717, 1.165) is 57.8 Å². The first kappa shape index (κ1) is 87.2. The van der Waals surface area contributed by atoms with E-state index < -0.39 is 67.4 Å². The Kier molecular flexibility index (Phi) is 65.2. The van der Waals surface area contributed by atoms with E-state index in [0.29, 0.717) is 19.3 Å². The van der Waals surface area contributed by atoms with Crippen molar-refractivity contribution >= 4 is 11.9 Å². The molecule has 1 rings (SSSR count). The monoisotopic (exact) mass is 1290 g/mol. The fourth-order valence-corrected chi connectivity index (χ4v) is 13.1. The standard InChI is InChI=1S/C80H153NO10/c1-4-7-10-13-16-19-22-25-27-29-31-33-35-36-37-38-39-41-43-45-47-50-53-56-59-62-65-68-75(85)91-78-77(87)76(86)74(69-82)90-80(78)89-70-71(72(83)66-63-60-57-54-51-48-24-21-18-15-12-9-6-3)81-79(88)73(84)67-64-61-58-55-52-49-46-44-42-40-34-32-30-28-26-23-20-17-14-11-8-5-2/h25,27,63,66,71-74,76-78,80,82-84,86-87H,4-24,26,28-62,64-65,67-70H2,1-3H3,(H,81,88)/b27-25+,66-63+. The van der Waals surface area contributed by atoms with Crippen LogP contribution in [-0.4, -0.2) is 99.6 Å². The number of nitrogens with one attached hydrogen (secondary N) is 1. The number of unbranched alkanes of at least 4 members (excludes halogenated alkanes) is 55. The second-order valence-electron chi connectivity index (χ2n) is 28.2. The summed E-state index contributed by atoms with van der Waals surface area (Å²) < 4.78 is 17.8. The van der Waals surface area contributed by atoms with Crippen LogP contribution in [0.2, 0.25) is 0 Å². The molecule has 11 nitrogen and oxygen atoms in total. The number of aliphatic hydroxyl groups excluding tert-OH is 5. The number of carbonyl (C=O) groups excluding carboxylic acids is 2. The number of carbonyl (C=O) groups is 2. The van der Waals surface area contributed by atoms with Gasteiger partial charge < -0.3 is 45.1 Å². The van der Waals surface area contributed by atoms with Crippen LogP contribution in [0.15, 0.2) is 24.3 Å². The van der Waals surface area contributed by atoms with Gasteiger partial charge in [-0.15, -0.1) is 0 Å². The maximum absolute atomic E-state index is 13.5. The van der Waals surface area contributed by atoms with Crippen LogP contribution in [0.4, 0.5) is 0 Å². The summed E-state index contributed by atoms with van der Waals surface area (Å²) in [4.78, 5) is 26.8. The van der Waals surface area contributed by atoms with E-state index in [9.17, 15) is 35.1 Å². The molecule has 0 aromatic heterocycles. The molecule has 1 aliphatic rings. The summed E-state index contributed by atoms with van der Waals surface area (Å²) in [6, 6.07) is -1.02. The summed E-state index contributed by atoms with van der Waals surface area (Å²) >= 11 is 0. The molecule has 0 spiro atoms. The molecule has 11 heteroatoms. The summed E-state index contributed by atoms with van der Waals surface area (Å²) in [5, 5.41) is 57.5. The van der Waals surface area contributed by atoms with E-state index in [4.69, 9.17) is 14.2 Å². The zero-order valence-electron chi connectivity index (χ0n) is 60.3. The maximum Gasteiger partial charge on any atom is 0.306 e. The van der Waals surface area contributed by atoms with E-state index in [-0.39, 0.29) is 13.0 Å². The third-order valence-corrected chi connectivity index (χ3v) is 19.4. The van der Waals surface area contributed by atoms with Crippen molar-refractivity contribution in [3.63, 3.8) is 0 Å². The number of ether oxygens (including phenoxy) is 3. The van der Waals surface area contributed by atoms with E-state index >= 15 is 0 Å². The lowest BCUT2D eigenvalue weighted by atomic mass is 9.99. The molecular formula is C80H153NO10. The van der Waals surface area contributed by atoms with Crippen LogP contribution in [0.5, 0.6) is 0 Å². The van der Waals surface area contributed by atoms with Crippen LogP contribution < -0.4 is 5.32 Å². The van der Waals surface area contributed by atoms with Crippen LogP contribution in [-0.2, 0) is 23.8 Å². The van der Waals surface area contributed by atoms with E-state index in [1.165, 1.54) is 308 Å². The Bertz CT molecular complexity index is 1580. The maximum atomic E-state index is 13.5. The van der Waals surface area contributed by atoms with Gasteiger partial charge in [0.2, 0.25) is 5.91 Å². The number of hydrogen-bond acceptors (Lipinski definition) is 10. The molecule has 538 valence electrons. The van der Waals surface area contributed by atoms with E-state index in [1.54, 1.807) is 6.08 Å². The average molecular weight is 1290 g/mol. The minimum absolute atomic E-state index is 0.130. The quantitative estimate of drug-likeness (QED) is 0.0195. The molecule has 0 bridgehead atoms. The predicted octanol–water partition coefficient (Wildman–Crippen LogP) is 21.5. The van der Waals surface area contributed by atoms with Gasteiger partial charge in [-0.05, 0) is 51.4 Å². The molecule has 0 aromatic rings. The van der Waals surface area contributed by atoms with Crippen molar-refractivity contribution in [1.29, 1.82) is 0 Å². The molecule has 6 N–H and O–H groups in total. The number of hydrogen-bond donors (Lipinski definition) is 6. The number of amides is 1.